The van der Waals surface area contributed by atoms with E-state index in [0.29, 0.717) is 55.3 Å². The van der Waals surface area contributed by atoms with E-state index in [1.54, 1.807) is 18.2 Å². The largest absolute Gasteiger partial charge is 0.481 e. The van der Waals surface area contributed by atoms with Crippen LogP contribution in [0, 0.1) is 17.8 Å². The molecule has 67 heavy (non-hydrogen) atoms. The van der Waals surface area contributed by atoms with Crippen LogP contribution in [0.1, 0.15) is 121 Å². The van der Waals surface area contributed by atoms with Crippen molar-refractivity contribution in [2.45, 2.75) is 153 Å². The molecule has 3 aliphatic heterocycles. The summed E-state index contributed by atoms with van der Waals surface area (Å²) in [5.74, 6) is 5.96. The van der Waals surface area contributed by atoms with Crippen molar-refractivity contribution in [1.29, 1.82) is 0 Å². The standard InChI is InChI=1S/C24H31F3N2O2.C23H29ClF3NO5.CO2/c1-18(2)9-10-20-7-4-5-8-21(20)17-29-14-6-11-23(29)12-15-28(16-13-23)22(30)31-19(3)24(25,26)27;1-15(23(25,26)27)33-20(31)28-11-9-21(2,10-12-28)32-14-16-5-6-17(24)13-18(16)22(19(29)30)7-3-4-8-22;2-1-3/h4-5,7-8,18-19H,6,11-17H2,1-3H3;5-6,13,15H,3-4,7-12,14H2,1-2H3,(H,29,30);. The lowest BCUT2D eigenvalue weighted by Crippen LogP contribution is -2.53. The van der Waals surface area contributed by atoms with Crippen LogP contribution >= 0.6 is 11.6 Å². The average Bonchev–Trinajstić information content (AvgIpc) is 3.91. The zero-order chi connectivity index (χ0) is 49.8. The average molecular weight is 972 g/mol. The number of piperidine rings is 2. The first-order valence-electron chi connectivity index (χ1n) is 22.4. The molecule has 4 aliphatic rings. The zero-order valence-electron chi connectivity index (χ0n) is 38.5. The van der Waals surface area contributed by atoms with E-state index in [4.69, 9.17) is 25.9 Å². The van der Waals surface area contributed by atoms with Gasteiger partial charge in [-0.2, -0.15) is 35.9 Å². The first kappa shape index (κ1) is 54.8. The van der Waals surface area contributed by atoms with E-state index in [1.807, 2.05) is 25.1 Å². The fourth-order valence-electron chi connectivity index (χ4n) is 8.96. The highest BCUT2D eigenvalue weighted by atomic mass is 35.5. The second kappa shape index (κ2) is 23.5. The molecule has 1 N–H and O–H groups in total. The Kier molecular flexibility index (Phi) is 19.2. The van der Waals surface area contributed by atoms with Gasteiger partial charge < -0.3 is 29.1 Å². The number of ether oxygens (including phenoxy) is 3. The molecule has 1 saturated carbocycles. The number of carbonyl (C=O) groups excluding carboxylic acids is 4. The molecule has 12 nitrogen and oxygen atoms in total. The van der Waals surface area contributed by atoms with Crippen LogP contribution in [-0.2, 0) is 47.2 Å². The summed E-state index contributed by atoms with van der Waals surface area (Å²) in [5, 5.41) is 10.5. The lowest BCUT2D eigenvalue weighted by molar-refractivity contribution is -0.200. The third-order valence-electron chi connectivity index (χ3n) is 13.2. The number of likely N-dealkylation sites (tertiary alicyclic amines) is 3. The van der Waals surface area contributed by atoms with E-state index in [1.165, 1.54) is 15.4 Å². The van der Waals surface area contributed by atoms with Crippen molar-refractivity contribution in [3.05, 3.63) is 69.7 Å². The highest BCUT2D eigenvalue weighted by Gasteiger charge is 2.47. The SMILES string of the molecule is CC(C)C#Cc1ccccc1CN1CCCC12CCN(C(=O)OC(C)C(F)(F)F)CC2.CC(OC(=O)N1CCC(C)(OCc2ccc(Cl)cc2C2(C(=O)O)CCCC2)CC1)C(F)(F)F.O=C=O. The molecule has 2 atom stereocenters. The molecule has 1 aliphatic carbocycles. The van der Waals surface area contributed by atoms with Crippen LogP contribution in [0.15, 0.2) is 42.5 Å². The van der Waals surface area contributed by atoms with E-state index in [9.17, 15) is 45.8 Å². The molecule has 370 valence electrons. The summed E-state index contributed by atoms with van der Waals surface area (Å²) in [5.41, 5.74) is 2.04. The Morgan fingerprint density at radius 3 is 1.78 bits per heavy atom. The van der Waals surface area contributed by atoms with Gasteiger partial charge >= 0.3 is 36.7 Å². The van der Waals surface area contributed by atoms with Crippen LogP contribution in [0.2, 0.25) is 5.02 Å². The predicted molar refractivity (Wildman–Crippen MR) is 234 cm³/mol. The van der Waals surface area contributed by atoms with Gasteiger partial charge in [0.1, 0.15) is 0 Å². The lowest BCUT2D eigenvalue weighted by atomic mass is 9.76. The number of carboxylic acid groups (broad SMARTS) is 1. The Balaban J connectivity index is 0.000000277. The highest BCUT2D eigenvalue weighted by molar-refractivity contribution is 6.30. The molecule has 2 aromatic rings. The maximum absolute atomic E-state index is 12.7. The Bertz CT molecular complexity index is 2100. The normalized spacial score (nSPS) is 19.7. The fraction of sp³-hybridized carbons (Fsp3) is 0.625. The topological polar surface area (TPSA) is 143 Å². The number of hydrogen-bond donors (Lipinski definition) is 1. The number of aliphatic carboxylic acids is 1. The van der Waals surface area contributed by atoms with Gasteiger partial charge in [-0.25, -0.2) is 9.59 Å². The van der Waals surface area contributed by atoms with Gasteiger partial charge in [0.2, 0.25) is 0 Å². The minimum Gasteiger partial charge on any atom is -0.481 e. The highest BCUT2D eigenvalue weighted by Crippen LogP contribution is 2.45. The number of carboxylic acids is 1. The van der Waals surface area contributed by atoms with Crippen molar-refractivity contribution in [3.8, 4) is 11.8 Å². The minimum atomic E-state index is -4.61. The number of halogens is 7. The summed E-state index contributed by atoms with van der Waals surface area (Å²) in [6, 6.07) is 13.4. The molecule has 2 unspecified atom stereocenters. The summed E-state index contributed by atoms with van der Waals surface area (Å²) in [4.78, 5) is 57.8. The summed E-state index contributed by atoms with van der Waals surface area (Å²) in [7, 11) is 0. The monoisotopic (exact) mass is 971 g/mol. The van der Waals surface area contributed by atoms with Crippen LogP contribution in [0.5, 0.6) is 0 Å². The van der Waals surface area contributed by atoms with Crippen LogP contribution in [0.4, 0.5) is 35.9 Å². The molecule has 3 heterocycles. The summed E-state index contributed by atoms with van der Waals surface area (Å²) in [6.07, 6.45) is -7.87. The molecule has 19 heteroatoms. The number of benzene rings is 2. The van der Waals surface area contributed by atoms with Gasteiger partial charge in [0.15, 0.2) is 12.2 Å². The number of hydrogen-bond acceptors (Lipinski definition) is 9. The van der Waals surface area contributed by atoms with E-state index >= 15 is 0 Å². The molecule has 4 fully saturated rings. The van der Waals surface area contributed by atoms with Gasteiger partial charge in [-0.05, 0) is 114 Å². The Hall–Kier alpha value is -4.82. The Labute approximate surface area is 392 Å². The molecule has 3 saturated heterocycles. The number of rotatable bonds is 9. The van der Waals surface area contributed by atoms with E-state index in [-0.39, 0.29) is 31.4 Å². The predicted octanol–water partition coefficient (Wildman–Crippen LogP) is 10.3. The third-order valence-corrected chi connectivity index (χ3v) is 13.4. The molecule has 6 rings (SSSR count). The third kappa shape index (κ3) is 14.8. The molecule has 0 bridgehead atoms. The number of amides is 2. The smallest absolute Gasteiger partial charge is 0.425 e. The van der Waals surface area contributed by atoms with Gasteiger partial charge in [-0.1, -0.05) is 74.4 Å². The maximum atomic E-state index is 12.7. The van der Waals surface area contributed by atoms with Gasteiger partial charge in [-0.3, -0.25) is 9.69 Å². The number of alkyl halides is 6. The molecule has 0 radical (unpaired) electrons. The molecule has 1 spiro atoms. The van der Waals surface area contributed by atoms with Gasteiger partial charge in [0.05, 0.1) is 17.6 Å². The molecular weight excluding hydrogens is 912 g/mol. The summed E-state index contributed by atoms with van der Waals surface area (Å²) < 4.78 is 91.4. The van der Waals surface area contributed by atoms with Crippen LogP contribution < -0.4 is 0 Å². The quantitative estimate of drug-likeness (QED) is 0.191. The first-order valence-corrected chi connectivity index (χ1v) is 22.8. The van der Waals surface area contributed by atoms with Crippen molar-refractivity contribution in [3.63, 3.8) is 0 Å². The lowest BCUT2D eigenvalue weighted by Gasteiger charge is -2.45. The van der Waals surface area contributed by atoms with Crippen LogP contribution in [0.3, 0.4) is 0 Å². The van der Waals surface area contributed by atoms with E-state index in [2.05, 4.69) is 46.1 Å². The maximum Gasteiger partial charge on any atom is 0.425 e. The van der Waals surface area contributed by atoms with Crippen molar-refractivity contribution in [2.75, 3.05) is 32.7 Å². The van der Waals surface area contributed by atoms with Crippen molar-refractivity contribution in [2.24, 2.45) is 5.92 Å². The van der Waals surface area contributed by atoms with Crippen molar-refractivity contribution < 1.29 is 69.6 Å². The van der Waals surface area contributed by atoms with Crippen molar-refractivity contribution >= 4 is 35.9 Å². The molecule has 2 aromatic carbocycles. The molecule has 0 aromatic heterocycles. The van der Waals surface area contributed by atoms with E-state index < -0.39 is 53.7 Å². The summed E-state index contributed by atoms with van der Waals surface area (Å²) >= 11 is 6.19. The fourth-order valence-corrected chi connectivity index (χ4v) is 9.13. The second-order valence-corrected chi connectivity index (χ2v) is 18.6. The Morgan fingerprint density at radius 2 is 1.27 bits per heavy atom. The van der Waals surface area contributed by atoms with Gasteiger partial charge in [0.25, 0.3) is 0 Å². The summed E-state index contributed by atoms with van der Waals surface area (Å²) in [6.45, 7) is 10.8. The zero-order valence-corrected chi connectivity index (χ0v) is 39.3. The molecular formula is C48H60ClF6N3O9. The van der Waals surface area contributed by atoms with Gasteiger partial charge in [-0.15, -0.1) is 0 Å². The first-order chi connectivity index (χ1) is 31.4. The van der Waals surface area contributed by atoms with E-state index in [0.717, 1.165) is 76.6 Å². The Morgan fingerprint density at radius 1 is 0.746 bits per heavy atom. The number of carbonyl (C=O) groups is 3. The second-order valence-electron chi connectivity index (χ2n) is 18.2. The number of nitrogens with zero attached hydrogens (tertiary/aromatic N) is 3. The minimum absolute atomic E-state index is 0.0228. The van der Waals surface area contributed by atoms with Crippen LogP contribution in [-0.4, -0.2) is 113 Å². The van der Waals surface area contributed by atoms with Crippen LogP contribution in [0.25, 0.3) is 0 Å². The molecule has 2 amide bonds. The van der Waals surface area contributed by atoms with Gasteiger partial charge in [0, 0.05) is 54.8 Å². The van der Waals surface area contributed by atoms with Crippen molar-refractivity contribution in [1.82, 2.24) is 14.7 Å².